The van der Waals surface area contributed by atoms with Gasteiger partial charge in [-0.1, -0.05) is 18.2 Å². The van der Waals surface area contributed by atoms with Crippen LogP contribution in [0.15, 0.2) is 77.0 Å². The molecule has 7 heteroatoms. The van der Waals surface area contributed by atoms with Gasteiger partial charge in [0.15, 0.2) is 0 Å². The van der Waals surface area contributed by atoms with Gasteiger partial charge in [0.25, 0.3) is 11.7 Å². The number of carbonyl (C=O) groups excluding carboxylic acids is 2. The first-order valence-electron chi connectivity index (χ1n) is 10.5. The van der Waals surface area contributed by atoms with Crippen molar-refractivity contribution < 1.29 is 23.5 Å². The number of fused-ring (bicyclic) bond motifs is 1. The van der Waals surface area contributed by atoms with Crippen molar-refractivity contribution >= 4 is 28.4 Å². The van der Waals surface area contributed by atoms with E-state index in [1.807, 2.05) is 42.1 Å². The third kappa shape index (κ3) is 3.33. The van der Waals surface area contributed by atoms with E-state index in [9.17, 15) is 19.1 Å². The van der Waals surface area contributed by atoms with Crippen LogP contribution in [-0.4, -0.2) is 26.3 Å². The highest BCUT2D eigenvalue weighted by atomic mass is 19.1. The van der Waals surface area contributed by atoms with E-state index in [-0.39, 0.29) is 23.4 Å². The van der Waals surface area contributed by atoms with Crippen LogP contribution < -0.4 is 0 Å². The minimum absolute atomic E-state index is 0.0334. The number of nitrogens with zero attached hydrogens (tertiary/aromatic N) is 2. The second-order valence-electron chi connectivity index (χ2n) is 8.18. The van der Waals surface area contributed by atoms with Crippen molar-refractivity contribution in [2.24, 2.45) is 7.05 Å². The first kappa shape index (κ1) is 20.8. The molecule has 6 nitrogen and oxygen atoms in total. The standard InChI is InChI=1S/C26H21FN2O4/c1-15-12-16(9-10-20(15)27)24(30)22-23(19-14-28(2)21-8-4-3-7-18(19)21)29(26(32)25(22)31)13-17-6-5-11-33-17/h3-12,14,23,30H,13H2,1-2H3/b24-22+. The molecule has 1 saturated heterocycles. The maximum atomic E-state index is 13.8. The van der Waals surface area contributed by atoms with Crippen LogP contribution in [0.4, 0.5) is 4.39 Å². The second kappa shape index (κ2) is 7.78. The largest absolute Gasteiger partial charge is 0.507 e. The SMILES string of the molecule is Cc1cc(/C(O)=C2\C(=O)C(=O)N(Cc3ccco3)C2c2cn(C)c3ccccc23)ccc1F. The maximum absolute atomic E-state index is 13.8. The lowest BCUT2D eigenvalue weighted by molar-refractivity contribution is -0.140. The molecule has 1 atom stereocenters. The highest BCUT2D eigenvalue weighted by Gasteiger charge is 2.47. The number of hydrogen-bond acceptors (Lipinski definition) is 4. The Hall–Kier alpha value is -4.13. The molecule has 3 heterocycles. The Kier molecular flexibility index (Phi) is 4.89. The minimum atomic E-state index is -0.841. The van der Waals surface area contributed by atoms with E-state index in [1.165, 1.54) is 29.4 Å². The number of rotatable bonds is 4. The van der Waals surface area contributed by atoms with Crippen molar-refractivity contribution in [2.75, 3.05) is 0 Å². The van der Waals surface area contributed by atoms with Crippen molar-refractivity contribution in [3.05, 3.63) is 101 Å². The maximum Gasteiger partial charge on any atom is 0.296 e. The Morgan fingerprint density at radius 2 is 1.91 bits per heavy atom. The molecule has 0 radical (unpaired) electrons. The number of likely N-dealkylation sites (tertiary alicyclic amines) is 1. The summed E-state index contributed by atoms with van der Waals surface area (Å²) >= 11 is 0. The normalized spacial score (nSPS) is 17.9. The van der Waals surface area contributed by atoms with Crippen LogP contribution in [0, 0.1) is 12.7 Å². The minimum Gasteiger partial charge on any atom is -0.507 e. The summed E-state index contributed by atoms with van der Waals surface area (Å²) in [5.74, 6) is -1.77. The molecule has 1 fully saturated rings. The summed E-state index contributed by atoms with van der Waals surface area (Å²) < 4.78 is 21.2. The summed E-state index contributed by atoms with van der Waals surface area (Å²) in [5.41, 5.74) is 2.20. The molecular weight excluding hydrogens is 423 g/mol. The van der Waals surface area contributed by atoms with Crippen LogP contribution >= 0.6 is 0 Å². The van der Waals surface area contributed by atoms with Crippen LogP contribution in [-0.2, 0) is 23.2 Å². The molecule has 0 spiro atoms. The number of para-hydroxylation sites is 1. The van der Waals surface area contributed by atoms with Crippen molar-refractivity contribution in [3.8, 4) is 0 Å². The molecule has 1 N–H and O–H groups in total. The zero-order valence-corrected chi connectivity index (χ0v) is 18.1. The van der Waals surface area contributed by atoms with E-state index in [4.69, 9.17) is 4.42 Å². The summed E-state index contributed by atoms with van der Waals surface area (Å²) in [7, 11) is 1.88. The van der Waals surface area contributed by atoms with Gasteiger partial charge in [-0.15, -0.1) is 0 Å². The lowest BCUT2D eigenvalue weighted by atomic mass is 9.94. The summed E-state index contributed by atoms with van der Waals surface area (Å²) in [4.78, 5) is 27.8. The van der Waals surface area contributed by atoms with E-state index in [1.54, 1.807) is 19.1 Å². The molecule has 0 saturated carbocycles. The first-order valence-corrected chi connectivity index (χ1v) is 10.5. The van der Waals surface area contributed by atoms with Gasteiger partial charge in [0.1, 0.15) is 17.3 Å². The van der Waals surface area contributed by atoms with E-state index >= 15 is 0 Å². The van der Waals surface area contributed by atoms with Gasteiger partial charge < -0.3 is 19.0 Å². The van der Waals surface area contributed by atoms with E-state index in [0.717, 1.165) is 10.9 Å². The molecular formula is C26H21FN2O4. The number of hydrogen-bond donors (Lipinski definition) is 1. The number of aliphatic hydroxyl groups excluding tert-OH is 1. The highest BCUT2D eigenvalue weighted by molar-refractivity contribution is 6.46. The number of Topliss-reactive ketones (excluding diaryl/α,β-unsaturated/α-hetero) is 1. The number of aliphatic hydroxyl groups is 1. The van der Waals surface area contributed by atoms with Gasteiger partial charge in [-0.2, -0.15) is 0 Å². The molecule has 33 heavy (non-hydrogen) atoms. The number of aryl methyl sites for hydroxylation is 2. The average Bonchev–Trinajstić information content (AvgIpc) is 3.50. The molecule has 1 unspecified atom stereocenters. The molecule has 5 rings (SSSR count). The molecule has 0 aliphatic carbocycles. The predicted molar refractivity (Wildman–Crippen MR) is 121 cm³/mol. The topological polar surface area (TPSA) is 75.7 Å². The average molecular weight is 444 g/mol. The van der Waals surface area contributed by atoms with E-state index in [2.05, 4.69) is 0 Å². The molecule has 1 aliphatic heterocycles. The Bertz CT molecular complexity index is 1430. The van der Waals surface area contributed by atoms with Crippen molar-refractivity contribution in [1.29, 1.82) is 0 Å². The highest BCUT2D eigenvalue weighted by Crippen LogP contribution is 2.43. The van der Waals surface area contributed by atoms with Gasteiger partial charge in [0.2, 0.25) is 0 Å². The van der Waals surface area contributed by atoms with Crippen LogP contribution in [0.25, 0.3) is 16.7 Å². The molecule has 4 aromatic rings. The number of furan rings is 1. The van der Waals surface area contributed by atoms with Crippen molar-refractivity contribution in [1.82, 2.24) is 9.47 Å². The van der Waals surface area contributed by atoms with E-state index < -0.39 is 23.5 Å². The van der Waals surface area contributed by atoms with Crippen molar-refractivity contribution in [3.63, 3.8) is 0 Å². The Morgan fingerprint density at radius 1 is 1.12 bits per heavy atom. The van der Waals surface area contributed by atoms with Gasteiger partial charge in [-0.25, -0.2) is 4.39 Å². The fourth-order valence-electron chi connectivity index (χ4n) is 4.48. The van der Waals surface area contributed by atoms with Crippen LogP contribution in [0.5, 0.6) is 0 Å². The van der Waals surface area contributed by atoms with Gasteiger partial charge >= 0.3 is 0 Å². The van der Waals surface area contributed by atoms with Crippen LogP contribution in [0.1, 0.15) is 28.5 Å². The zero-order chi connectivity index (χ0) is 23.3. The summed E-state index contributed by atoms with van der Waals surface area (Å²) in [6.07, 6.45) is 3.36. The molecule has 1 amide bonds. The molecule has 1 aliphatic rings. The number of ketones is 1. The third-order valence-corrected chi connectivity index (χ3v) is 6.10. The fraction of sp³-hybridized carbons (Fsp3) is 0.154. The number of amides is 1. The van der Waals surface area contributed by atoms with Gasteiger partial charge in [-0.05, 0) is 48.9 Å². The lowest BCUT2D eigenvalue weighted by Gasteiger charge is -2.24. The van der Waals surface area contributed by atoms with Crippen molar-refractivity contribution in [2.45, 2.75) is 19.5 Å². The number of halogens is 1. The first-order chi connectivity index (χ1) is 15.9. The summed E-state index contributed by atoms with van der Waals surface area (Å²) in [5, 5.41) is 12.1. The van der Waals surface area contributed by atoms with Gasteiger partial charge in [0, 0.05) is 35.3 Å². The van der Waals surface area contributed by atoms with E-state index in [0.29, 0.717) is 16.9 Å². The number of benzene rings is 2. The van der Waals surface area contributed by atoms with Gasteiger partial charge in [0.05, 0.1) is 24.4 Å². The zero-order valence-electron chi connectivity index (χ0n) is 18.1. The molecule has 166 valence electrons. The molecule has 0 bridgehead atoms. The monoisotopic (exact) mass is 444 g/mol. The number of aromatic nitrogens is 1. The molecule has 2 aromatic carbocycles. The van der Waals surface area contributed by atoms with Crippen LogP contribution in [0.3, 0.4) is 0 Å². The third-order valence-electron chi connectivity index (χ3n) is 6.10. The second-order valence-corrected chi connectivity index (χ2v) is 8.18. The molecule has 2 aromatic heterocycles. The fourth-order valence-corrected chi connectivity index (χ4v) is 4.48. The Labute approximate surface area is 189 Å². The Balaban J connectivity index is 1.75. The van der Waals surface area contributed by atoms with Crippen LogP contribution in [0.2, 0.25) is 0 Å². The smallest absolute Gasteiger partial charge is 0.296 e. The predicted octanol–water partition coefficient (Wildman–Crippen LogP) is 4.84. The summed E-state index contributed by atoms with van der Waals surface area (Å²) in [6, 6.07) is 14.3. The van der Waals surface area contributed by atoms with Gasteiger partial charge in [-0.3, -0.25) is 9.59 Å². The number of carbonyl (C=O) groups is 2. The Morgan fingerprint density at radius 3 is 2.64 bits per heavy atom. The lowest BCUT2D eigenvalue weighted by Crippen LogP contribution is -2.29. The summed E-state index contributed by atoms with van der Waals surface area (Å²) in [6.45, 7) is 1.63. The quantitative estimate of drug-likeness (QED) is 0.278.